The lowest BCUT2D eigenvalue weighted by Gasteiger charge is -2.17. The van der Waals surface area contributed by atoms with Crippen LogP contribution in [0.25, 0.3) is 0 Å². The van der Waals surface area contributed by atoms with Crippen molar-refractivity contribution in [1.82, 2.24) is 5.32 Å². The Kier molecular flexibility index (Phi) is 3.68. The third kappa shape index (κ3) is 2.58. The van der Waals surface area contributed by atoms with Crippen molar-refractivity contribution < 1.29 is 14.3 Å². The highest BCUT2D eigenvalue weighted by Gasteiger charge is 2.30. The maximum absolute atomic E-state index is 11.4. The van der Waals surface area contributed by atoms with Gasteiger partial charge in [0.15, 0.2) is 0 Å². The van der Waals surface area contributed by atoms with Crippen LogP contribution >= 0.6 is 0 Å². The van der Waals surface area contributed by atoms with Gasteiger partial charge in [0.25, 0.3) is 0 Å². The summed E-state index contributed by atoms with van der Waals surface area (Å²) in [4.78, 5) is 22.3. The Balaban J connectivity index is 2.53. The van der Waals surface area contributed by atoms with Crippen LogP contribution in [0.15, 0.2) is 12.2 Å². The average molecular weight is 197 g/mol. The number of rotatable bonds is 3. The van der Waals surface area contributed by atoms with E-state index in [1.807, 2.05) is 12.2 Å². The van der Waals surface area contributed by atoms with Crippen LogP contribution in [0, 0.1) is 5.92 Å². The summed E-state index contributed by atoms with van der Waals surface area (Å²) in [6.07, 6.45) is 4.37. The van der Waals surface area contributed by atoms with E-state index in [1.165, 1.54) is 6.92 Å². The topological polar surface area (TPSA) is 55.4 Å². The quantitative estimate of drug-likeness (QED) is 0.533. The highest BCUT2D eigenvalue weighted by atomic mass is 16.5. The first kappa shape index (κ1) is 10.8. The minimum atomic E-state index is -0.251. The summed E-state index contributed by atoms with van der Waals surface area (Å²) in [5.74, 6) is -0.619. The van der Waals surface area contributed by atoms with Gasteiger partial charge in [-0.25, -0.2) is 0 Å². The minimum Gasteiger partial charge on any atom is -0.466 e. The van der Waals surface area contributed by atoms with E-state index in [0.29, 0.717) is 13.0 Å². The first-order valence-electron chi connectivity index (χ1n) is 4.75. The van der Waals surface area contributed by atoms with Gasteiger partial charge in [0.1, 0.15) is 0 Å². The van der Waals surface area contributed by atoms with Gasteiger partial charge in [0, 0.05) is 6.92 Å². The lowest BCUT2D eigenvalue weighted by atomic mass is 10.0. The van der Waals surface area contributed by atoms with E-state index in [2.05, 4.69) is 5.32 Å². The van der Waals surface area contributed by atoms with Gasteiger partial charge in [-0.15, -0.1) is 0 Å². The van der Waals surface area contributed by atoms with Gasteiger partial charge in [-0.1, -0.05) is 12.2 Å². The third-order valence-corrected chi connectivity index (χ3v) is 2.13. The van der Waals surface area contributed by atoms with Gasteiger partial charge in [-0.3, -0.25) is 9.59 Å². The Morgan fingerprint density at radius 2 is 2.29 bits per heavy atom. The molecule has 78 valence electrons. The largest absolute Gasteiger partial charge is 0.466 e. The highest BCUT2D eigenvalue weighted by Crippen LogP contribution is 2.20. The summed E-state index contributed by atoms with van der Waals surface area (Å²) >= 11 is 0. The molecule has 4 nitrogen and oxygen atoms in total. The van der Waals surface area contributed by atoms with Crippen LogP contribution in [0.2, 0.25) is 0 Å². The lowest BCUT2D eigenvalue weighted by Crippen LogP contribution is -2.39. The molecule has 1 N–H and O–H groups in total. The zero-order valence-corrected chi connectivity index (χ0v) is 8.45. The van der Waals surface area contributed by atoms with Crippen LogP contribution < -0.4 is 5.32 Å². The molecule has 0 aromatic carbocycles. The number of ether oxygens (including phenoxy) is 1. The minimum absolute atomic E-state index is 0.129. The predicted molar refractivity (Wildman–Crippen MR) is 51.5 cm³/mol. The molecule has 1 aliphatic carbocycles. The van der Waals surface area contributed by atoms with Crippen molar-refractivity contribution in [3.8, 4) is 0 Å². The zero-order valence-electron chi connectivity index (χ0n) is 8.45. The normalized spacial score (nSPS) is 24.7. The van der Waals surface area contributed by atoms with Crippen LogP contribution in [0.4, 0.5) is 0 Å². The molecule has 14 heavy (non-hydrogen) atoms. The lowest BCUT2D eigenvalue weighted by molar-refractivity contribution is -0.148. The molecule has 1 rings (SSSR count). The molecule has 0 radical (unpaired) electrons. The van der Waals surface area contributed by atoms with Crippen LogP contribution in [-0.4, -0.2) is 24.5 Å². The summed E-state index contributed by atoms with van der Waals surface area (Å²) in [6, 6.07) is -0.202. The van der Waals surface area contributed by atoms with Gasteiger partial charge >= 0.3 is 5.97 Å². The number of esters is 1. The molecule has 4 heteroatoms. The Bertz CT molecular complexity index is 260. The van der Waals surface area contributed by atoms with E-state index in [0.717, 1.165) is 0 Å². The van der Waals surface area contributed by atoms with Crippen molar-refractivity contribution in [1.29, 1.82) is 0 Å². The Hall–Kier alpha value is -1.32. The monoisotopic (exact) mass is 197 g/mol. The maximum atomic E-state index is 11.4. The molecule has 2 atom stereocenters. The highest BCUT2D eigenvalue weighted by molar-refractivity contribution is 5.78. The molecular weight excluding hydrogens is 182 g/mol. The summed E-state index contributed by atoms with van der Waals surface area (Å²) in [6.45, 7) is 3.59. The summed E-state index contributed by atoms with van der Waals surface area (Å²) in [5.41, 5.74) is 0. The third-order valence-electron chi connectivity index (χ3n) is 2.13. The van der Waals surface area contributed by atoms with E-state index < -0.39 is 0 Å². The Morgan fingerprint density at radius 3 is 2.86 bits per heavy atom. The fraction of sp³-hybridized carbons (Fsp3) is 0.600. The molecular formula is C10H15NO3. The maximum Gasteiger partial charge on any atom is 0.311 e. The molecule has 0 unspecified atom stereocenters. The van der Waals surface area contributed by atoms with Crippen LogP contribution in [0.1, 0.15) is 20.3 Å². The molecule has 0 saturated heterocycles. The van der Waals surface area contributed by atoms with Crippen molar-refractivity contribution in [2.75, 3.05) is 6.61 Å². The van der Waals surface area contributed by atoms with Crippen molar-refractivity contribution in [2.45, 2.75) is 26.3 Å². The smallest absolute Gasteiger partial charge is 0.311 e. The van der Waals surface area contributed by atoms with Crippen molar-refractivity contribution in [3.05, 3.63) is 12.2 Å². The van der Waals surface area contributed by atoms with Crippen molar-refractivity contribution >= 4 is 11.9 Å². The molecule has 0 bridgehead atoms. The van der Waals surface area contributed by atoms with Crippen LogP contribution in [0.3, 0.4) is 0 Å². The number of hydrogen-bond donors (Lipinski definition) is 1. The second-order valence-corrected chi connectivity index (χ2v) is 3.25. The van der Waals surface area contributed by atoms with Crippen molar-refractivity contribution in [2.24, 2.45) is 5.92 Å². The van der Waals surface area contributed by atoms with E-state index in [9.17, 15) is 9.59 Å². The van der Waals surface area contributed by atoms with Gasteiger partial charge < -0.3 is 10.1 Å². The van der Waals surface area contributed by atoms with E-state index >= 15 is 0 Å². The fourth-order valence-electron chi connectivity index (χ4n) is 1.53. The van der Waals surface area contributed by atoms with E-state index in [1.54, 1.807) is 6.92 Å². The standard InChI is InChI=1S/C10H15NO3/c1-3-14-10(13)8-5-4-6-9(8)11-7(2)12/h4,6,8-9H,3,5H2,1-2H3,(H,11,12)/t8-,9+/m1/s1. The summed E-state index contributed by atoms with van der Waals surface area (Å²) in [7, 11) is 0. The first-order valence-corrected chi connectivity index (χ1v) is 4.75. The SMILES string of the molecule is CCOC(=O)[C@@H]1CC=C[C@@H]1NC(C)=O. The van der Waals surface area contributed by atoms with Crippen molar-refractivity contribution in [3.63, 3.8) is 0 Å². The van der Waals surface area contributed by atoms with Crippen LogP contribution in [-0.2, 0) is 14.3 Å². The van der Waals surface area contributed by atoms with Gasteiger partial charge in [0.2, 0.25) is 5.91 Å². The van der Waals surface area contributed by atoms with E-state index in [4.69, 9.17) is 4.74 Å². The molecule has 0 spiro atoms. The second kappa shape index (κ2) is 4.79. The molecule has 0 aliphatic heterocycles. The summed E-state index contributed by atoms with van der Waals surface area (Å²) < 4.78 is 4.91. The summed E-state index contributed by atoms with van der Waals surface area (Å²) in [5, 5.41) is 2.70. The molecule has 1 amide bonds. The zero-order chi connectivity index (χ0) is 10.6. The predicted octanol–water partition coefficient (Wildman–Crippen LogP) is 0.630. The average Bonchev–Trinajstić information content (AvgIpc) is 2.51. The number of amides is 1. The number of allylic oxidation sites excluding steroid dienone is 1. The number of carbonyl (C=O) groups excluding carboxylic acids is 2. The number of carbonyl (C=O) groups is 2. The van der Waals surface area contributed by atoms with Crippen LogP contribution in [0.5, 0.6) is 0 Å². The molecule has 1 aliphatic rings. The number of nitrogens with one attached hydrogen (secondary N) is 1. The van der Waals surface area contributed by atoms with Gasteiger partial charge in [-0.05, 0) is 13.3 Å². The molecule has 0 saturated carbocycles. The molecule has 0 aromatic rings. The molecule has 0 fully saturated rings. The number of hydrogen-bond acceptors (Lipinski definition) is 3. The van der Waals surface area contributed by atoms with Gasteiger partial charge in [-0.2, -0.15) is 0 Å². The second-order valence-electron chi connectivity index (χ2n) is 3.25. The van der Waals surface area contributed by atoms with Gasteiger partial charge in [0.05, 0.1) is 18.6 Å². The molecule has 0 heterocycles. The molecule has 0 aromatic heterocycles. The first-order chi connectivity index (χ1) is 6.65. The Morgan fingerprint density at radius 1 is 1.57 bits per heavy atom. The Labute approximate surface area is 83.3 Å². The van der Waals surface area contributed by atoms with E-state index in [-0.39, 0.29) is 23.8 Å². The fourth-order valence-corrected chi connectivity index (χ4v) is 1.53.